The molecule has 0 amide bonds. The quantitative estimate of drug-likeness (QED) is 0.632. The third-order valence-electron chi connectivity index (χ3n) is 2.35. The molecule has 2 rings (SSSR count). The lowest BCUT2D eigenvalue weighted by atomic mass is 10.1. The minimum Gasteiger partial charge on any atom is -0.393 e. The lowest BCUT2D eigenvalue weighted by Gasteiger charge is -2.08. The van der Waals surface area contributed by atoms with Crippen LogP contribution in [-0.4, -0.2) is 21.7 Å². The van der Waals surface area contributed by atoms with Gasteiger partial charge in [0.25, 0.3) is 5.69 Å². The molecule has 1 heterocycles. The van der Waals surface area contributed by atoms with E-state index in [1.165, 1.54) is 23.5 Å². The number of aliphatic hydroxyl groups is 2. The number of hydrogen-bond donors (Lipinski definition) is 2. The molecule has 0 fully saturated rings. The summed E-state index contributed by atoms with van der Waals surface area (Å²) in [4.78, 5) is 10.3. The van der Waals surface area contributed by atoms with Gasteiger partial charge in [0.15, 0.2) is 0 Å². The highest BCUT2D eigenvalue weighted by Gasteiger charge is 2.18. The molecule has 1 atom stereocenters. The molecule has 6 heteroatoms. The number of nitro benzene ring substituents is 1. The minimum atomic E-state index is -0.998. The molecule has 0 spiro atoms. The molecule has 84 valence electrons. The molecule has 0 radical (unpaired) electrons. The Morgan fingerprint density at radius 2 is 2.19 bits per heavy atom. The van der Waals surface area contributed by atoms with Gasteiger partial charge in [0.05, 0.1) is 16.9 Å². The molecular weight excluding hydrogens is 230 g/mol. The van der Waals surface area contributed by atoms with E-state index in [2.05, 4.69) is 0 Å². The van der Waals surface area contributed by atoms with E-state index in [1.807, 2.05) is 0 Å². The predicted molar refractivity (Wildman–Crippen MR) is 60.5 cm³/mol. The second-order valence-electron chi connectivity index (χ2n) is 3.29. The van der Waals surface area contributed by atoms with Crippen molar-refractivity contribution >= 4 is 27.1 Å². The van der Waals surface area contributed by atoms with Crippen LogP contribution < -0.4 is 0 Å². The fraction of sp³-hybridized carbons (Fsp3) is 0.200. The van der Waals surface area contributed by atoms with Crippen molar-refractivity contribution in [2.24, 2.45) is 0 Å². The maximum absolute atomic E-state index is 10.8. The summed E-state index contributed by atoms with van der Waals surface area (Å²) in [7, 11) is 0. The van der Waals surface area contributed by atoms with Crippen LogP contribution in [0.2, 0.25) is 0 Å². The Hall–Kier alpha value is -1.50. The van der Waals surface area contributed by atoms with Gasteiger partial charge in [0.1, 0.15) is 6.10 Å². The van der Waals surface area contributed by atoms with Crippen molar-refractivity contribution in [1.82, 2.24) is 0 Å². The molecule has 0 aliphatic carbocycles. The van der Waals surface area contributed by atoms with Crippen molar-refractivity contribution in [3.05, 3.63) is 39.3 Å². The fourth-order valence-corrected chi connectivity index (χ4v) is 2.57. The summed E-state index contributed by atoms with van der Waals surface area (Å²) >= 11 is 1.31. The zero-order chi connectivity index (χ0) is 11.7. The Balaban J connectivity index is 2.68. The summed E-state index contributed by atoms with van der Waals surface area (Å²) in [5.41, 5.74) is 0.545. The number of nitrogens with zero attached hydrogens (tertiary/aromatic N) is 1. The zero-order valence-corrected chi connectivity index (χ0v) is 8.98. The van der Waals surface area contributed by atoms with Crippen molar-refractivity contribution in [1.29, 1.82) is 0 Å². The highest BCUT2D eigenvalue weighted by Crippen LogP contribution is 2.35. The van der Waals surface area contributed by atoms with Crippen LogP contribution in [0, 0.1) is 10.1 Å². The summed E-state index contributed by atoms with van der Waals surface area (Å²) in [5.74, 6) is 0. The number of fused-ring (bicyclic) bond motifs is 1. The average Bonchev–Trinajstić information content (AvgIpc) is 2.75. The van der Waals surface area contributed by atoms with Gasteiger partial charge in [-0.3, -0.25) is 10.1 Å². The van der Waals surface area contributed by atoms with Crippen LogP contribution in [-0.2, 0) is 0 Å². The standard InChI is InChI=1S/C10H9NO4S/c12-5-9(13)7-1-2-8(11(14)15)6-3-4-16-10(6)7/h1-4,9,12-13H,5H2. The van der Waals surface area contributed by atoms with Gasteiger partial charge >= 0.3 is 0 Å². The second-order valence-corrected chi connectivity index (χ2v) is 4.21. The van der Waals surface area contributed by atoms with Crippen molar-refractivity contribution in [2.75, 3.05) is 6.61 Å². The molecule has 1 unspecified atom stereocenters. The molecular formula is C10H9NO4S. The Labute approximate surface area is 94.7 Å². The van der Waals surface area contributed by atoms with Crippen LogP contribution in [0.4, 0.5) is 5.69 Å². The van der Waals surface area contributed by atoms with E-state index in [-0.39, 0.29) is 5.69 Å². The lowest BCUT2D eigenvalue weighted by molar-refractivity contribution is -0.383. The van der Waals surface area contributed by atoms with Crippen LogP contribution in [0.5, 0.6) is 0 Å². The summed E-state index contributed by atoms with van der Waals surface area (Å²) in [6.45, 7) is -0.398. The molecule has 2 N–H and O–H groups in total. The summed E-state index contributed by atoms with van der Waals surface area (Å²) in [6.07, 6.45) is -0.998. The number of benzene rings is 1. The van der Waals surface area contributed by atoms with Crippen molar-refractivity contribution in [3.63, 3.8) is 0 Å². The second kappa shape index (κ2) is 4.17. The molecule has 1 aromatic carbocycles. The number of aliphatic hydroxyl groups excluding tert-OH is 2. The van der Waals surface area contributed by atoms with E-state index in [4.69, 9.17) is 5.11 Å². The number of hydrogen-bond acceptors (Lipinski definition) is 5. The largest absolute Gasteiger partial charge is 0.393 e. The summed E-state index contributed by atoms with van der Waals surface area (Å²) in [6, 6.07) is 4.48. The first-order valence-corrected chi connectivity index (χ1v) is 5.46. The molecule has 5 nitrogen and oxygen atoms in total. The summed E-state index contributed by atoms with van der Waals surface area (Å²) in [5, 5.41) is 31.4. The molecule has 2 aromatic rings. The van der Waals surface area contributed by atoms with Crippen LogP contribution >= 0.6 is 11.3 Å². The van der Waals surface area contributed by atoms with Gasteiger partial charge in [0.2, 0.25) is 0 Å². The van der Waals surface area contributed by atoms with E-state index in [9.17, 15) is 15.2 Å². The SMILES string of the molecule is O=[N+]([O-])c1ccc(C(O)CO)c2sccc12. The Morgan fingerprint density at radius 1 is 1.44 bits per heavy atom. The summed E-state index contributed by atoms with van der Waals surface area (Å²) < 4.78 is 0.649. The Bertz CT molecular complexity index is 537. The molecule has 0 aliphatic heterocycles. The molecule has 0 aliphatic rings. The third kappa shape index (κ3) is 1.67. The maximum atomic E-state index is 10.8. The zero-order valence-electron chi connectivity index (χ0n) is 8.16. The molecule has 0 bridgehead atoms. The lowest BCUT2D eigenvalue weighted by Crippen LogP contribution is -2.02. The van der Waals surface area contributed by atoms with E-state index in [1.54, 1.807) is 11.4 Å². The highest BCUT2D eigenvalue weighted by atomic mass is 32.1. The monoisotopic (exact) mass is 239 g/mol. The maximum Gasteiger partial charge on any atom is 0.278 e. The first-order chi connectivity index (χ1) is 7.65. The Kier molecular flexibility index (Phi) is 2.86. The van der Waals surface area contributed by atoms with Gasteiger partial charge in [-0.1, -0.05) is 0 Å². The van der Waals surface area contributed by atoms with Gasteiger partial charge in [-0.25, -0.2) is 0 Å². The van der Waals surface area contributed by atoms with Gasteiger partial charge < -0.3 is 10.2 Å². The van der Waals surface area contributed by atoms with E-state index in [0.29, 0.717) is 15.6 Å². The van der Waals surface area contributed by atoms with Crippen molar-refractivity contribution in [3.8, 4) is 0 Å². The van der Waals surface area contributed by atoms with Crippen molar-refractivity contribution < 1.29 is 15.1 Å². The van der Waals surface area contributed by atoms with Crippen LogP contribution in [0.1, 0.15) is 11.7 Å². The molecule has 1 aromatic heterocycles. The number of rotatable bonds is 3. The number of nitro groups is 1. The third-order valence-corrected chi connectivity index (χ3v) is 3.32. The van der Waals surface area contributed by atoms with Crippen LogP contribution in [0.15, 0.2) is 23.6 Å². The van der Waals surface area contributed by atoms with Crippen molar-refractivity contribution in [2.45, 2.75) is 6.10 Å². The van der Waals surface area contributed by atoms with Gasteiger partial charge in [0, 0.05) is 16.3 Å². The fourth-order valence-electron chi connectivity index (χ4n) is 1.59. The minimum absolute atomic E-state index is 0.0186. The molecule has 16 heavy (non-hydrogen) atoms. The topological polar surface area (TPSA) is 83.6 Å². The highest BCUT2D eigenvalue weighted by molar-refractivity contribution is 7.17. The van der Waals surface area contributed by atoms with Gasteiger partial charge in [-0.05, 0) is 17.5 Å². The van der Waals surface area contributed by atoms with Crippen LogP contribution in [0.25, 0.3) is 10.1 Å². The van der Waals surface area contributed by atoms with Gasteiger partial charge in [-0.15, -0.1) is 11.3 Å². The first-order valence-electron chi connectivity index (χ1n) is 4.58. The van der Waals surface area contributed by atoms with Gasteiger partial charge in [-0.2, -0.15) is 0 Å². The normalized spacial score (nSPS) is 12.9. The molecule has 0 saturated heterocycles. The average molecular weight is 239 g/mol. The van der Waals surface area contributed by atoms with E-state index in [0.717, 1.165) is 0 Å². The number of thiophene rings is 1. The molecule has 0 saturated carbocycles. The predicted octanol–water partition coefficient (Wildman–Crippen LogP) is 1.84. The van der Waals surface area contributed by atoms with Crippen LogP contribution in [0.3, 0.4) is 0 Å². The van der Waals surface area contributed by atoms with E-state index < -0.39 is 17.6 Å². The smallest absolute Gasteiger partial charge is 0.278 e. The Morgan fingerprint density at radius 3 is 2.81 bits per heavy atom. The number of non-ortho nitro benzene ring substituents is 1. The van der Waals surface area contributed by atoms with E-state index >= 15 is 0 Å². The first kappa shape index (κ1) is 11.0.